The van der Waals surface area contributed by atoms with Gasteiger partial charge in [0.2, 0.25) is 0 Å². The number of benzene rings is 2. The van der Waals surface area contributed by atoms with Crippen LogP contribution in [0, 0.1) is 0 Å². The molecule has 0 aliphatic rings. The van der Waals surface area contributed by atoms with E-state index in [9.17, 15) is 0 Å². The highest BCUT2D eigenvalue weighted by Crippen LogP contribution is 2.27. The summed E-state index contributed by atoms with van der Waals surface area (Å²) in [7, 11) is 0. The number of fused-ring (bicyclic) bond motifs is 1. The lowest BCUT2D eigenvalue weighted by Crippen LogP contribution is -1.84. The fourth-order valence-electron chi connectivity index (χ4n) is 2.12. The summed E-state index contributed by atoms with van der Waals surface area (Å²) in [6, 6.07) is 19.0. The second-order valence-electron chi connectivity index (χ2n) is 4.06. The van der Waals surface area contributed by atoms with E-state index in [0.717, 1.165) is 5.33 Å². The summed E-state index contributed by atoms with van der Waals surface area (Å²) in [5.74, 6) is 0. The molecule has 1 N–H and O–H groups in total. The van der Waals surface area contributed by atoms with Crippen LogP contribution in [0.15, 0.2) is 54.6 Å². The number of H-pyrrole nitrogens is 1. The predicted molar refractivity (Wildman–Crippen MR) is 76.4 cm³/mol. The minimum absolute atomic E-state index is 0.874. The Bertz CT molecular complexity index is 622. The molecular formula is C15H12BrN. The first-order chi connectivity index (χ1) is 8.38. The van der Waals surface area contributed by atoms with Gasteiger partial charge in [-0.15, -0.1) is 0 Å². The van der Waals surface area contributed by atoms with Crippen LogP contribution < -0.4 is 0 Å². The minimum atomic E-state index is 0.874. The maximum absolute atomic E-state index is 3.54. The average molecular weight is 286 g/mol. The van der Waals surface area contributed by atoms with Crippen molar-refractivity contribution in [3.63, 3.8) is 0 Å². The van der Waals surface area contributed by atoms with Crippen LogP contribution in [0.3, 0.4) is 0 Å². The quantitative estimate of drug-likeness (QED) is 0.655. The summed E-state index contributed by atoms with van der Waals surface area (Å²) in [6.45, 7) is 0. The lowest BCUT2D eigenvalue weighted by atomic mass is 10.1. The molecule has 0 aliphatic carbocycles. The molecular weight excluding hydrogens is 274 g/mol. The monoisotopic (exact) mass is 285 g/mol. The van der Waals surface area contributed by atoms with Gasteiger partial charge in [0.05, 0.1) is 0 Å². The van der Waals surface area contributed by atoms with E-state index in [1.165, 1.54) is 27.7 Å². The highest BCUT2D eigenvalue weighted by atomic mass is 79.9. The predicted octanol–water partition coefficient (Wildman–Crippen LogP) is 4.73. The van der Waals surface area contributed by atoms with Gasteiger partial charge in [0, 0.05) is 27.5 Å². The first-order valence-corrected chi connectivity index (χ1v) is 6.72. The van der Waals surface area contributed by atoms with Gasteiger partial charge in [-0.3, -0.25) is 0 Å². The number of hydrogen-bond donors (Lipinski definition) is 1. The van der Waals surface area contributed by atoms with Crippen molar-refractivity contribution in [1.82, 2.24) is 4.98 Å². The number of alkyl halides is 1. The summed E-state index contributed by atoms with van der Waals surface area (Å²) in [5, 5.41) is 2.13. The van der Waals surface area contributed by atoms with Gasteiger partial charge in [-0.25, -0.2) is 0 Å². The molecule has 0 radical (unpaired) electrons. The summed E-state index contributed by atoms with van der Waals surface area (Å²) < 4.78 is 0. The van der Waals surface area contributed by atoms with E-state index < -0.39 is 0 Å². The van der Waals surface area contributed by atoms with Gasteiger partial charge in [-0.05, 0) is 17.7 Å². The molecule has 1 nitrogen and oxygen atoms in total. The van der Waals surface area contributed by atoms with Crippen molar-refractivity contribution in [2.45, 2.75) is 5.33 Å². The molecule has 3 aromatic rings. The maximum Gasteiger partial charge on any atom is 0.0467 e. The van der Waals surface area contributed by atoms with Gasteiger partial charge >= 0.3 is 0 Å². The number of halogens is 1. The number of para-hydroxylation sites is 1. The summed E-state index contributed by atoms with van der Waals surface area (Å²) in [6.07, 6.45) is 0. The molecule has 0 aliphatic heterocycles. The lowest BCUT2D eigenvalue weighted by molar-refractivity contribution is 1.38. The Morgan fingerprint density at radius 2 is 1.71 bits per heavy atom. The third-order valence-electron chi connectivity index (χ3n) is 2.98. The lowest BCUT2D eigenvalue weighted by Gasteiger charge is -2.04. The molecule has 0 spiro atoms. The van der Waals surface area contributed by atoms with Crippen molar-refractivity contribution in [3.05, 3.63) is 60.2 Å². The Kier molecular flexibility index (Phi) is 2.73. The van der Waals surface area contributed by atoms with Crippen LogP contribution >= 0.6 is 15.9 Å². The molecule has 0 bridgehead atoms. The molecule has 0 saturated heterocycles. The van der Waals surface area contributed by atoms with Gasteiger partial charge in [0.1, 0.15) is 0 Å². The van der Waals surface area contributed by atoms with E-state index in [4.69, 9.17) is 0 Å². The molecule has 2 aromatic carbocycles. The minimum Gasteiger partial charge on any atom is -0.355 e. The fourth-order valence-corrected chi connectivity index (χ4v) is 2.61. The zero-order valence-corrected chi connectivity index (χ0v) is 10.9. The molecule has 0 atom stereocenters. The van der Waals surface area contributed by atoms with Crippen LogP contribution in [-0.4, -0.2) is 4.98 Å². The third-order valence-corrected chi connectivity index (χ3v) is 3.59. The molecule has 0 fully saturated rings. The van der Waals surface area contributed by atoms with Crippen molar-refractivity contribution in [1.29, 1.82) is 0 Å². The standard InChI is InChI=1S/C15H12BrN/c16-10-12-6-1-3-7-13(12)15-9-11-5-2-4-8-14(11)17-15/h1-9,17H,10H2. The summed E-state index contributed by atoms with van der Waals surface area (Å²) >= 11 is 3.54. The topological polar surface area (TPSA) is 15.8 Å². The molecule has 1 heterocycles. The Morgan fingerprint density at radius 3 is 2.53 bits per heavy atom. The van der Waals surface area contributed by atoms with E-state index in [1.807, 2.05) is 0 Å². The number of aromatic nitrogens is 1. The smallest absolute Gasteiger partial charge is 0.0467 e. The van der Waals surface area contributed by atoms with Crippen LogP contribution in [0.5, 0.6) is 0 Å². The molecule has 0 unspecified atom stereocenters. The van der Waals surface area contributed by atoms with Gasteiger partial charge < -0.3 is 4.98 Å². The van der Waals surface area contributed by atoms with Crippen molar-refractivity contribution < 1.29 is 0 Å². The first kappa shape index (κ1) is 10.6. The number of rotatable bonds is 2. The van der Waals surface area contributed by atoms with Gasteiger partial charge in [0.25, 0.3) is 0 Å². The van der Waals surface area contributed by atoms with Crippen molar-refractivity contribution in [3.8, 4) is 11.3 Å². The SMILES string of the molecule is BrCc1ccccc1-c1cc2ccccc2[nH]1. The summed E-state index contributed by atoms with van der Waals surface area (Å²) in [4.78, 5) is 3.47. The Balaban J connectivity index is 2.20. The number of nitrogens with one attached hydrogen (secondary N) is 1. The first-order valence-electron chi connectivity index (χ1n) is 5.60. The van der Waals surface area contributed by atoms with E-state index in [-0.39, 0.29) is 0 Å². The maximum atomic E-state index is 3.54. The van der Waals surface area contributed by atoms with E-state index in [0.29, 0.717) is 0 Å². The fraction of sp³-hybridized carbons (Fsp3) is 0.0667. The second-order valence-corrected chi connectivity index (χ2v) is 4.62. The average Bonchev–Trinajstić information content (AvgIpc) is 2.82. The van der Waals surface area contributed by atoms with Gasteiger partial charge in [-0.1, -0.05) is 58.4 Å². The Labute approximate surface area is 109 Å². The van der Waals surface area contributed by atoms with Crippen LogP contribution in [0.1, 0.15) is 5.56 Å². The van der Waals surface area contributed by atoms with Gasteiger partial charge in [0.15, 0.2) is 0 Å². The van der Waals surface area contributed by atoms with E-state index in [2.05, 4.69) is 75.5 Å². The van der Waals surface area contributed by atoms with Crippen LogP contribution in [0.4, 0.5) is 0 Å². The summed E-state index contributed by atoms with van der Waals surface area (Å²) in [5.41, 5.74) is 4.94. The van der Waals surface area contributed by atoms with E-state index >= 15 is 0 Å². The van der Waals surface area contributed by atoms with Crippen molar-refractivity contribution in [2.24, 2.45) is 0 Å². The van der Waals surface area contributed by atoms with Crippen LogP contribution in [0.25, 0.3) is 22.2 Å². The normalized spacial score (nSPS) is 10.9. The Morgan fingerprint density at radius 1 is 0.941 bits per heavy atom. The molecule has 1 aromatic heterocycles. The number of hydrogen-bond acceptors (Lipinski definition) is 0. The Hall–Kier alpha value is -1.54. The number of aromatic amines is 1. The van der Waals surface area contributed by atoms with Crippen LogP contribution in [0.2, 0.25) is 0 Å². The molecule has 84 valence electrons. The van der Waals surface area contributed by atoms with Gasteiger partial charge in [-0.2, -0.15) is 0 Å². The van der Waals surface area contributed by atoms with E-state index in [1.54, 1.807) is 0 Å². The molecule has 2 heteroatoms. The molecule has 17 heavy (non-hydrogen) atoms. The molecule has 0 saturated carbocycles. The zero-order chi connectivity index (χ0) is 11.7. The largest absolute Gasteiger partial charge is 0.355 e. The van der Waals surface area contributed by atoms with Crippen LogP contribution in [-0.2, 0) is 5.33 Å². The highest BCUT2D eigenvalue weighted by molar-refractivity contribution is 9.08. The zero-order valence-electron chi connectivity index (χ0n) is 9.28. The molecule has 0 amide bonds. The second kappa shape index (κ2) is 4.38. The van der Waals surface area contributed by atoms with Crippen molar-refractivity contribution >= 4 is 26.8 Å². The molecule has 3 rings (SSSR count). The third kappa shape index (κ3) is 1.89. The highest BCUT2D eigenvalue weighted by Gasteiger charge is 2.06. The van der Waals surface area contributed by atoms with Crippen molar-refractivity contribution in [2.75, 3.05) is 0 Å².